The van der Waals surface area contributed by atoms with E-state index in [0.717, 1.165) is 0 Å². The molecule has 6 nitrogen and oxygen atoms in total. The number of nitrogens with zero attached hydrogens (tertiary/aromatic N) is 1. The molecule has 0 saturated heterocycles. The van der Waals surface area contributed by atoms with Crippen LogP contribution in [0.3, 0.4) is 0 Å². The molecule has 0 saturated carbocycles. The summed E-state index contributed by atoms with van der Waals surface area (Å²) >= 11 is 7.11. The molecule has 1 heterocycles. The van der Waals surface area contributed by atoms with E-state index in [9.17, 15) is 9.59 Å². The fourth-order valence-corrected chi connectivity index (χ4v) is 2.03. The average Bonchev–Trinajstić information content (AvgIpc) is 2.77. The van der Waals surface area contributed by atoms with E-state index in [0.29, 0.717) is 24.4 Å². The van der Waals surface area contributed by atoms with Gasteiger partial charge in [0.1, 0.15) is 11.8 Å². The van der Waals surface area contributed by atoms with E-state index in [1.165, 1.54) is 17.8 Å². The van der Waals surface area contributed by atoms with Gasteiger partial charge in [0, 0.05) is 18.9 Å². The highest BCUT2D eigenvalue weighted by Gasteiger charge is 2.19. The van der Waals surface area contributed by atoms with Gasteiger partial charge in [0.2, 0.25) is 5.91 Å². The number of aliphatic carboxylic acids is 1. The van der Waals surface area contributed by atoms with Crippen LogP contribution in [-0.4, -0.2) is 40.2 Å². The van der Waals surface area contributed by atoms with Crippen molar-refractivity contribution in [2.24, 2.45) is 0 Å². The number of carbonyl (C=O) groups excluding carboxylic acids is 1. The number of halogens is 1. The number of rotatable bonds is 8. The van der Waals surface area contributed by atoms with E-state index in [2.05, 4.69) is 10.5 Å². The Labute approximate surface area is 119 Å². The molecule has 0 fully saturated rings. The van der Waals surface area contributed by atoms with Crippen LogP contribution >= 0.6 is 23.4 Å². The maximum atomic E-state index is 11.6. The summed E-state index contributed by atoms with van der Waals surface area (Å²) in [5.74, 6) is -0.183. The summed E-state index contributed by atoms with van der Waals surface area (Å²) in [4.78, 5) is 22.6. The fourth-order valence-electron chi connectivity index (χ4n) is 1.40. The molecule has 106 valence electrons. The Kier molecular flexibility index (Phi) is 6.72. The van der Waals surface area contributed by atoms with E-state index in [1.54, 1.807) is 0 Å². The van der Waals surface area contributed by atoms with Gasteiger partial charge in [-0.2, -0.15) is 11.8 Å². The van der Waals surface area contributed by atoms with E-state index < -0.39 is 12.0 Å². The van der Waals surface area contributed by atoms with Gasteiger partial charge in [-0.15, -0.1) is 0 Å². The highest BCUT2D eigenvalue weighted by atomic mass is 35.5. The molecule has 0 aliphatic rings. The molecule has 1 atom stereocenters. The number of nitrogens with one attached hydrogen (secondary N) is 1. The molecule has 0 spiro atoms. The maximum absolute atomic E-state index is 11.6. The molecule has 8 heteroatoms. The summed E-state index contributed by atoms with van der Waals surface area (Å²) in [5, 5.41) is 15.2. The van der Waals surface area contributed by atoms with E-state index >= 15 is 0 Å². The maximum Gasteiger partial charge on any atom is 0.326 e. The normalized spacial score (nSPS) is 12.1. The lowest BCUT2D eigenvalue weighted by molar-refractivity contribution is -0.141. The molecule has 0 aliphatic carbocycles. The van der Waals surface area contributed by atoms with Gasteiger partial charge in [0.25, 0.3) is 0 Å². The minimum atomic E-state index is -1.02. The predicted octanol–water partition coefficient (Wildman–Crippen LogP) is 1.58. The van der Waals surface area contributed by atoms with Gasteiger partial charge in [0.05, 0.1) is 0 Å². The van der Waals surface area contributed by atoms with Crippen molar-refractivity contribution in [1.29, 1.82) is 0 Å². The summed E-state index contributed by atoms with van der Waals surface area (Å²) < 4.78 is 4.85. The van der Waals surface area contributed by atoms with Gasteiger partial charge in [-0.05, 0) is 18.4 Å². The summed E-state index contributed by atoms with van der Waals surface area (Å²) in [6.07, 6.45) is 2.75. The Morgan fingerprint density at radius 3 is 2.89 bits per heavy atom. The number of carboxylic acid groups (broad SMARTS) is 1. The lowest BCUT2D eigenvalue weighted by Crippen LogP contribution is -2.41. The first kappa shape index (κ1) is 15.8. The summed E-state index contributed by atoms with van der Waals surface area (Å²) in [6, 6.07) is 0.676. The lowest BCUT2D eigenvalue weighted by atomic mass is 10.2. The molecule has 19 heavy (non-hydrogen) atoms. The number of thioether (sulfide) groups is 1. The number of aromatic nitrogens is 1. The largest absolute Gasteiger partial charge is 0.480 e. The standard InChI is InChI=1S/C11H15ClN2O4S/c1-19-5-4-8(11(16)17)13-10(15)3-2-7-6-9(12)14-18-7/h6,8H,2-5H2,1H3,(H,13,15)(H,16,17). The first-order valence-corrected chi connectivity index (χ1v) is 7.42. The van der Waals surface area contributed by atoms with E-state index in [-0.39, 0.29) is 17.5 Å². The summed E-state index contributed by atoms with van der Waals surface area (Å²) in [7, 11) is 0. The van der Waals surface area contributed by atoms with Gasteiger partial charge >= 0.3 is 5.97 Å². The van der Waals surface area contributed by atoms with Crippen molar-refractivity contribution in [3.63, 3.8) is 0 Å². The van der Waals surface area contributed by atoms with Crippen LogP contribution in [0.1, 0.15) is 18.6 Å². The van der Waals surface area contributed by atoms with Crippen LogP contribution in [0.25, 0.3) is 0 Å². The summed E-state index contributed by atoms with van der Waals surface area (Å²) in [5.41, 5.74) is 0. The number of carbonyl (C=O) groups is 2. The van der Waals surface area contributed by atoms with Crippen LogP contribution in [0.5, 0.6) is 0 Å². The topological polar surface area (TPSA) is 92.4 Å². The highest BCUT2D eigenvalue weighted by molar-refractivity contribution is 7.98. The van der Waals surface area contributed by atoms with Crippen LogP contribution in [-0.2, 0) is 16.0 Å². The molecule has 1 unspecified atom stereocenters. The van der Waals surface area contributed by atoms with Crippen molar-refractivity contribution in [3.05, 3.63) is 17.0 Å². The number of amides is 1. The Morgan fingerprint density at radius 2 is 2.37 bits per heavy atom. The third kappa shape index (κ3) is 5.98. The molecular weight excluding hydrogens is 292 g/mol. The van der Waals surface area contributed by atoms with Crippen molar-refractivity contribution < 1.29 is 19.2 Å². The van der Waals surface area contributed by atoms with Crippen molar-refractivity contribution >= 4 is 35.2 Å². The van der Waals surface area contributed by atoms with Gasteiger partial charge in [-0.1, -0.05) is 16.8 Å². The molecule has 0 aliphatic heterocycles. The third-order valence-corrected chi connectivity index (χ3v) is 3.19. The van der Waals surface area contributed by atoms with Gasteiger partial charge in [-0.3, -0.25) is 4.79 Å². The van der Waals surface area contributed by atoms with E-state index in [1.807, 2.05) is 6.26 Å². The number of aryl methyl sites for hydroxylation is 1. The Morgan fingerprint density at radius 1 is 1.63 bits per heavy atom. The molecule has 1 amide bonds. The smallest absolute Gasteiger partial charge is 0.326 e. The van der Waals surface area contributed by atoms with Gasteiger partial charge in [-0.25, -0.2) is 4.79 Å². The predicted molar refractivity (Wildman–Crippen MR) is 72.4 cm³/mol. The zero-order chi connectivity index (χ0) is 14.3. The monoisotopic (exact) mass is 306 g/mol. The van der Waals surface area contributed by atoms with Crippen molar-refractivity contribution in [2.45, 2.75) is 25.3 Å². The zero-order valence-corrected chi connectivity index (χ0v) is 12.0. The van der Waals surface area contributed by atoms with Crippen LogP contribution in [0, 0.1) is 0 Å². The number of hydrogen-bond donors (Lipinski definition) is 2. The zero-order valence-electron chi connectivity index (χ0n) is 10.4. The molecule has 0 bridgehead atoms. The minimum Gasteiger partial charge on any atom is -0.480 e. The molecule has 1 aromatic rings. The number of hydrogen-bond acceptors (Lipinski definition) is 5. The molecule has 1 rings (SSSR count). The van der Waals surface area contributed by atoms with Crippen LogP contribution in [0.4, 0.5) is 0 Å². The first-order valence-electron chi connectivity index (χ1n) is 5.65. The van der Waals surface area contributed by atoms with E-state index in [4.69, 9.17) is 21.2 Å². The average molecular weight is 307 g/mol. The minimum absolute atomic E-state index is 0.134. The molecular formula is C11H15ClN2O4S. The van der Waals surface area contributed by atoms with Crippen molar-refractivity contribution in [3.8, 4) is 0 Å². The second kappa shape index (κ2) is 8.06. The molecule has 1 aromatic heterocycles. The quantitative estimate of drug-likeness (QED) is 0.757. The molecule has 2 N–H and O–H groups in total. The van der Waals surface area contributed by atoms with Crippen LogP contribution < -0.4 is 5.32 Å². The first-order chi connectivity index (χ1) is 9.02. The van der Waals surface area contributed by atoms with Crippen molar-refractivity contribution in [2.75, 3.05) is 12.0 Å². The molecule has 0 radical (unpaired) electrons. The lowest BCUT2D eigenvalue weighted by Gasteiger charge is -2.13. The Balaban J connectivity index is 2.37. The SMILES string of the molecule is CSCCC(NC(=O)CCc1cc(Cl)no1)C(=O)O. The molecule has 0 aromatic carbocycles. The Hall–Kier alpha value is -1.21. The third-order valence-electron chi connectivity index (χ3n) is 2.37. The number of carboxylic acids is 1. The highest BCUT2D eigenvalue weighted by Crippen LogP contribution is 2.10. The van der Waals surface area contributed by atoms with Crippen molar-refractivity contribution in [1.82, 2.24) is 10.5 Å². The van der Waals surface area contributed by atoms with Gasteiger partial charge in [0.15, 0.2) is 5.15 Å². The second-order valence-electron chi connectivity index (χ2n) is 3.86. The second-order valence-corrected chi connectivity index (χ2v) is 5.23. The van der Waals surface area contributed by atoms with Crippen LogP contribution in [0.2, 0.25) is 5.15 Å². The van der Waals surface area contributed by atoms with Crippen LogP contribution in [0.15, 0.2) is 10.6 Å². The summed E-state index contributed by atoms with van der Waals surface area (Å²) in [6.45, 7) is 0. The van der Waals surface area contributed by atoms with Gasteiger partial charge < -0.3 is 14.9 Å². The fraction of sp³-hybridized carbons (Fsp3) is 0.545. The Bertz CT molecular complexity index is 438.